The Morgan fingerprint density at radius 1 is 1.25 bits per heavy atom. The molecule has 0 bridgehead atoms. The van der Waals surface area contributed by atoms with Gasteiger partial charge in [0, 0.05) is 9.14 Å². The van der Waals surface area contributed by atoms with E-state index < -0.39 is 0 Å². The van der Waals surface area contributed by atoms with Crippen molar-refractivity contribution in [2.45, 2.75) is 0 Å². The molecule has 1 aromatic carbocycles. The van der Waals surface area contributed by atoms with Crippen molar-refractivity contribution in [3.63, 3.8) is 0 Å². The van der Waals surface area contributed by atoms with Gasteiger partial charge in [0.25, 0.3) is 0 Å². The van der Waals surface area contributed by atoms with Gasteiger partial charge in [0.2, 0.25) is 0 Å². The summed E-state index contributed by atoms with van der Waals surface area (Å²) in [6.45, 7) is 0.0677. The largest absolute Gasteiger partial charge is 0.464 e. The molecule has 2 aromatic rings. The maximum atomic E-state index is 8.81. The van der Waals surface area contributed by atoms with Crippen LogP contribution in [-0.2, 0) is 0 Å². The van der Waals surface area contributed by atoms with E-state index in [-0.39, 0.29) is 6.61 Å². The van der Waals surface area contributed by atoms with Crippen LogP contribution in [0.3, 0.4) is 0 Å². The van der Waals surface area contributed by atoms with Crippen molar-refractivity contribution in [3.8, 4) is 11.3 Å². The molecule has 0 aliphatic heterocycles. The zero-order valence-corrected chi connectivity index (χ0v) is 10.7. The van der Waals surface area contributed by atoms with Gasteiger partial charge in [-0.05, 0) is 46.4 Å². The first-order valence-corrected chi connectivity index (χ1v) is 6.00. The van der Waals surface area contributed by atoms with Gasteiger partial charge in [0.15, 0.2) is 0 Å². The zero-order valence-electron chi connectivity index (χ0n) is 8.56. The number of benzene rings is 1. The molecular weight excluding hydrogens is 315 g/mol. The SMILES string of the molecule is OCC=C(I)c1ccc(-c2ccco2)cc1. The second-order valence-electron chi connectivity index (χ2n) is 3.29. The number of aliphatic hydroxyl groups is 1. The molecule has 1 N–H and O–H groups in total. The Hall–Kier alpha value is -1.07. The Morgan fingerprint density at radius 2 is 2.00 bits per heavy atom. The third kappa shape index (κ3) is 2.54. The van der Waals surface area contributed by atoms with E-state index >= 15 is 0 Å². The van der Waals surface area contributed by atoms with Crippen LogP contribution in [0.1, 0.15) is 5.56 Å². The summed E-state index contributed by atoms with van der Waals surface area (Å²) in [7, 11) is 0. The molecule has 0 unspecified atom stereocenters. The van der Waals surface area contributed by atoms with E-state index in [1.165, 1.54) is 0 Å². The lowest BCUT2D eigenvalue weighted by atomic mass is 10.1. The second-order valence-corrected chi connectivity index (χ2v) is 4.45. The van der Waals surface area contributed by atoms with Crippen LogP contribution in [0, 0.1) is 0 Å². The number of aliphatic hydroxyl groups excluding tert-OH is 1. The fourth-order valence-electron chi connectivity index (χ4n) is 1.43. The van der Waals surface area contributed by atoms with Crippen molar-refractivity contribution in [1.82, 2.24) is 0 Å². The molecule has 0 amide bonds. The molecule has 0 fully saturated rings. The Labute approximate surface area is 108 Å². The van der Waals surface area contributed by atoms with E-state index in [2.05, 4.69) is 22.6 Å². The highest BCUT2D eigenvalue weighted by Gasteiger charge is 2.01. The number of furan rings is 1. The van der Waals surface area contributed by atoms with E-state index in [4.69, 9.17) is 9.52 Å². The average molecular weight is 326 g/mol. The van der Waals surface area contributed by atoms with Crippen LogP contribution in [0.2, 0.25) is 0 Å². The number of hydrogen-bond acceptors (Lipinski definition) is 2. The van der Waals surface area contributed by atoms with E-state index in [1.54, 1.807) is 12.3 Å². The quantitative estimate of drug-likeness (QED) is 0.872. The van der Waals surface area contributed by atoms with E-state index in [0.717, 1.165) is 20.5 Å². The second kappa shape index (κ2) is 5.32. The lowest BCUT2D eigenvalue weighted by molar-refractivity contribution is 0.343. The van der Waals surface area contributed by atoms with Gasteiger partial charge < -0.3 is 9.52 Å². The van der Waals surface area contributed by atoms with Gasteiger partial charge in [-0.1, -0.05) is 24.3 Å². The molecule has 3 heteroatoms. The van der Waals surface area contributed by atoms with Crippen LogP contribution >= 0.6 is 22.6 Å². The van der Waals surface area contributed by atoms with Gasteiger partial charge in [0.1, 0.15) is 5.76 Å². The van der Waals surface area contributed by atoms with E-state index in [0.29, 0.717) is 0 Å². The third-order valence-electron chi connectivity index (χ3n) is 2.24. The minimum absolute atomic E-state index is 0.0677. The number of rotatable bonds is 3. The van der Waals surface area contributed by atoms with Crippen LogP contribution in [-0.4, -0.2) is 11.7 Å². The first kappa shape index (κ1) is 11.4. The molecule has 0 aliphatic carbocycles. The summed E-state index contributed by atoms with van der Waals surface area (Å²) in [5, 5.41) is 8.81. The molecule has 0 saturated carbocycles. The Bertz CT molecular complexity index is 469. The van der Waals surface area contributed by atoms with Crippen LogP contribution < -0.4 is 0 Å². The van der Waals surface area contributed by atoms with Gasteiger partial charge in [-0.2, -0.15) is 0 Å². The minimum atomic E-state index is 0.0677. The van der Waals surface area contributed by atoms with Crippen molar-refractivity contribution in [3.05, 3.63) is 54.3 Å². The van der Waals surface area contributed by atoms with Gasteiger partial charge >= 0.3 is 0 Å². The molecule has 82 valence electrons. The van der Waals surface area contributed by atoms with Crippen LogP contribution in [0.15, 0.2) is 53.2 Å². The molecule has 1 heterocycles. The Balaban J connectivity index is 2.26. The highest BCUT2D eigenvalue weighted by atomic mass is 127. The summed E-state index contributed by atoms with van der Waals surface area (Å²) in [6.07, 6.45) is 3.45. The lowest BCUT2D eigenvalue weighted by Gasteiger charge is -2.01. The molecule has 0 aliphatic rings. The molecule has 0 saturated heterocycles. The summed E-state index contributed by atoms with van der Waals surface area (Å²) in [5.41, 5.74) is 2.16. The standard InChI is InChI=1S/C13H11IO2/c14-12(7-8-15)10-3-5-11(6-4-10)13-2-1-9-16-13/h1-7,9,15H,8H2. The minimum Gasteiger partial charge on any atom is -0.464 e. The smallest absolute Gasteiger partial charge is 0.133 e. The summed E-state index contributed by atoms with van der Waals surface area (Å²) in [6, 6.07) is 11.9. The normalized spacial score (nSPS) is 11.8. The summed E-state index contributed by atoms with van der Waals surface area (Å²) < 4.78 is 6.36. The molecule has 0 atom stereocenters. The first-order chi connectivity index (χ1) is 7.81. The highest BCUT2D eigenvalue weighted by molar-refractivity contribution is 14.1. The van der Waals surface area contributed by atoms with Crippen molar-refractivity contribution in [2.24, 2.45) is 0 Å². The fourth-order valence-corrected chi connectivity index (χ4v) is 1.99. The number of halogens is 1. The fraction of sp³-hybridized carbons (Fsp3) is 0.0769. The predicted octanol–water partition coefficient (Wildman–Crippen LogP) is 3.71. The van der Waals surface area contributed by atoms with Crippen LogP contribution in [0.5, 0.6) is 0 Å². The van der Waals surface area contributed by atoms with Crippen LogP contribution in [0.4, 0.5) is 0 Å². The predicted molar refractivity (Wildman–Crippen MR) is 73.2 cm³/mol. The molecule has 0 radical (unpaired) electrons. The van der Waals surface area contributed by atoms with Crippen LogP contribution in [0.25, 0.3) is 14.9 Å². The Morgan fingerprint density at radius 3 is 2.56 bits per heavy atom. The molecule has 1 aromatic heterocycles. The number of hydrogen-bond donors (Lipinski definition) is 1. The average Bonchev–Trinajstić information content (AvgIpc) is 2.83. The molecule has 2 nitrogen and oxygen atoms in total. The summed E-state index contributed by atoms with van der Waals surface area (Å²) >= 11 is 2.21. The highest BCUT2D eigenvalue weighted by Crippen LogP contribution is 2.25. The monoisotopic (exact) mass is 326 g/mol. The third-order valence-corrected chi connectivity index (χ3v) is 3.30. The lowest BCUT2D eigenvalue weighted by Crippen LogP contribution is -1.80. The maximum absolute atomic E-state index is 8.81. The molecule has 0 spiro atoms. The van der Waals surface area contributed by atoms with Crippen molar-refractivity contribution < 1.29 is 9.52 Å². The topological polar surface area (TPSA) is 33.4 Å². The Kier molecular flexibility index (Phi) is 3.79. The van der Waals surface area contributed by atoms with Gasteiger partial charge in [-0.25, -0.2) is 0 Å². The van der Waals surface area contributed by atoms with Crippen molar-refractivity contribution in [2.75, 3.05) is 6.61 Å². The van der Waals surface area contributed by atoms with Gasteiger partial charge in [0.05, 0.1) is 12.9 Å². The molecular formula is C13H11IO2. The van der Waals surface area contributed by atoms with Gasteiger partial charge in [-0.3, -0.25) is 0 Å². The van der Waals surface area contributed by atoms with E-state index in [1.807, 2.05) is 36.4 Å². The van der Waals surface area contributed by atoms with Crippen molar-refractivity contribution in [1.29, 1.82) is 0 Å². The molecule has 2 rings (SSSR count). The maximum Gasteiger partial charge on any atom is 0.133 e. The van der Waals surface area contributed by atoms with Gasteiger partial charge in [-0.15, -0.1) is 0 Å². The zero-order chi connectivity index (χ0) is 11.4. The molecule has 16 heavy (non-hydrogen) atoms. The van der Waals surface area contributed by atoms with E-state index in [9.17, 15) is 0 Å². The van der Waals surface area contributed by atoms with Crippen molar-refractivity contribution >= 4 is 26.2 Å². The summed E-state index contributed by atoms with van der Waals surface area (Å²) in [4.78, 5) is 0. The summed E-state index contributed by atoms with van der Waals surface area (Å²) in [5.74, 6) is 0.868. The first-order valence-electron chi connectivity index (χ1n) is 4.92.